The highest BCUT2D eigenvalue weighted by atomic mass is 35.5. The van der Waals surface area contributed by atoms with E-state index in [1.165, 1.54) is 18.2 Å². The van der Waals surface area contributed by atoms with Gasteiger partial charge in [0.05, 0.1) is 0 Å². The van der Waals surface area contributed by atoms with Crippen molar-refractivity contribution in [3.8, 4) is 0 Å². The summed E-state index contributed by atoms with van der Waals surface area (Å²) in [4.78, 5) is 22.2. The van der Waals surface area contributed by atoms with E-state index in [-0.39, 0.29) is 22.4 Å². The number of nitrogens with one attached hydrogen (secondary N) is 2. The van der Waals surface area contributed by atoms with Crippen molar-refractivity contribution in [2.24, 2.45) is 0 Å². The van der Waals surface area contributed by atoms with E-state index in [4.69, 9.17) is 16.7 Å². The maximum atomic E-state index is 11.6. The van der Waals surface area contributed by atoms with Crippen LogP contribution in [0.25, 0.3) is 0 Å². The van der Waals surface area contributed by atoms with E-state index in [1.807, 2.05) is 0 Å². The zero-order valence-electron chi connectivity index (χ0n) is 8.72. The Kier molecular flexibility index (Phi) is 3.20. The number of hydrogen-bond acceptors (Lipinski definition) is 5. The van der Waals surface area contributed by atoms with Crippen LogP contribution in [0.1, 0.15) is 21.0 Å². The molecular formula is C9H6ClN5O3. The number of aromatic nitrogens is 4. The van der Waals surface area contributed by atoms with E-state index in [0.717, 1.165) is 0 Å². The van der Waals surface area contributed by atoms with E-state index in [0.29, 0.717) is 0 Å². The lowest BCUT2D eigenvalue weighted by Gasteiger charge is -1.99. The topological polar surface area (TPSA) is 121 Å². The number of aromatic amines is 1. The highest BCUT2D eigenvalue weighted by molar-refractivity contribution is 6.29. The lowest BCUT2D eigenvalue weighted by Crippen LogP contribution is -2.14. The second kappa shape index (κ2) is 4.80. The average Bonchev–Trinajstić information content (AvgIpc) is 2.78. The Morgan fingerprint density at radius 3 is 2.67 bits per heavy atom. The van der Waals surface area contributed by atoms with Crippen LogP contribution in [0.4, 0.5) is 5.82 Å². The van der Waals surface area contributed by atoms with Crippen LogP contribution in [-0.2, 0) is 0 Å². The number of anilines is 1. The van der Waals surface area contributed by atoms with Gasteiger partial charge in [0.15, 0.2) is 16.7 Å². The van der Waals surface area contributed by atoms with Crippen molar-refractivity contribution in [1.82, 2.24) is 20.4 Å². The van der Waals surface area contributed by atoms with Gasteiger partial charge in [-0.3, -0.25) is 9.89 Å². The number of carbonyl (C=O) groups excluding carboxylic acids is 1. The average molecular weight is 268 g/mol. The van der Waals surface area contributed by atoms with Crippen LogP contribution in [0.5, 0.6) is 0 Å². The molecule has 2 rings (SSSR count). The van der Waals surface area contributed by atoms with Gasteiger partial charge in [0.25, 0.3) is 5.91 Å². The summed E-state index contributed by atoms with van der Waals surface area (Å²) < 4.78 is 0. The third-order valence-electron chi connectivity index (χ3n) is 1.91. The number of carbonyl (C=O) groups is 2. The third-order valence-corrected chi connectivity index (χ3v) is 2.12. The van der Waals surface area contributed by atoms with E-state index < -0.39 is 11.9 Å². The fraction of sp³-hybridized carbons (Fsp3) is 0. The molecule has 0 atom stereocenters. The largest absolute Gasteiger partial charge is 0.477 e. The third kappa shape index (κ3) is 2.61. The molecule has 1 amide bonds. The zero-order chi connectivity index (χ0) is 13.1. The first kappa shape index (κ1) is 12.0. The number of nitrogens with zero attached hydrogens (tertiary/aromatic N) is 3. The quantitative estimate of drug-likeness (QED) is 0.756. The minimum Gasteiger partial charge on any atom is -0.477 e. The van der Waals surface area contributed by atoms with Crippen molar-refractivity contribution in [2.45, 2.75) is 0 Å². The Hall–Kier alpha value is -2.48. The predicted octanol–water partition coefficient (Wildman–Crippen LogP) is 0.804. The van der Waals surface area contributed by atoms with Gasteiger partial charge < -0.3 is 10.4 Å². The van der Waals surface area contributed by atoms with Gasteiger partial charge in [-0.05, 0) is 12.1 Å². The number of halogens is 1. The summed E-state index contributed by atoms with van der Waals surface area (Å²) in [5.41, 5.74) is -0.0910. The molecule has 9 heteroatoms. The summed E-state index contributed by atoms with van der Waals surface area (Å²) in [6.45, 7) is 0. The summed E-state index contributed by atoms with van der Waals surface area (Å²) >= 11 is 5.53. The number of aromatic carboxylic acids is 1. The maximum absolute atomic E-state index is 11.6. The minimum absolute atomic E-state index is 0.0410. The van der Waals surface area contributed by atoms with Gasteiger partial charge >= 0.3 is 5.97 Å². The first-order valence-corrected chi connectivity index (χ1v) is 5.03. The molecule has 2 aromatic rings. The zero-order valence-corrected chi connectivity index (χ0v) is 9.47. The van der Waals surface area contributed by atoms with Crippen LogP contribution in [0.15, 0.2) is 18.2 Å². The smallest absolute Gasteiger partial charge is 0.353 e. The van der Waals surface area contributed by atoms with Gasteiger partial charge in [0.1, 0.15) is 5.69 Å². The molecule has 0 aliphatic rings. The van der Waals surface area contributed by atoms with Crippen LogP contribution >= 0.6 is 11.6 Å². The summed E-state index contributed by atoms with van der Waals surface area (Å²) in [6, 6.07) is 3.98. The van der Waals surface area contributed by atoms with Gasteiger partial charge in [0, 0.05) is 6.07 Å². The van der Waals surface area contributed by atoms with Crippen molar-refractivity contribution in [1.29, 1.82) is 0 Å². The molecule has 0 fully saturated rings. The van der Waals surface area contributed by atoms with Crippen LogP contribution < -0.4 is 5.32 Å². The van der Waals surface area contributed by atoms with Crippen molar-refractivity contribution >= 4 is 29.3 Å². The Bertz CT molecular complexity index is 595. The molecule has 8 nitrogen and oxygen atoms in total. The highest BCUT2D eigenvalue weighted by Gasteiger charge is 2.12. The number of rotatable bonds is 3. The minimum atomic E-state index is -1.17. The SMILES string of the molecule is O=C(Nc1cc(C(=O)O)[nH]n1)c1ccc(Cl)nn1. The molecule has 0 bridgehead atoms. The molecule has 0 unspecified atom stereocenters. The van der Waals surface area contributed by atoms with E-state index in [2.05, 4.69) is 25.7 Å². The van der Waals surface area contributed by atoms with Gasteiger partial charge in [-0.15, -0.1) is 10.2 Å². The fourth-order valence-electron chi connectivity index (χ4n) is 1.11. The number of carboxylic acids is 1. The Morgan fingerprint density at radius 2 is 2.11 bits per heavy atom. The van der Waals surface area contributed by atoms with Crippen molar-refractivity contribution < 1.29 is 14.7 Å². The molecule has 3 N–H and O–H groups in total. The van der Waals surface area contributed by atoms with Gasteiger partial charge in [-0.25, -0.2) is 4.79 Å². The molecule has 92 valence electrons. The number of H-pyrrole nitrogens is 1. The van der Waals surface area contributed by atoms with Crippen molar-refractivity contribution in [3.05, 3.63) is 34.7 Å². The standard InChI is InChI=1S/C9H6ClN5O3/c10-6-2-1-4(12-14-6)8(16)11-7-3-5(9(17)18)13-15-7/h1-3H,(H,17,18)(H2,11,13,15,16). The summed E-state index contributed by atoms with van der Waals surface area (Å²) in [5.74, 6) is -1.66. The van der Waals surface area contributed by atoms with Crippen molar-refractivity contribution in [3.63, 3.8) is 0 Å². The van der Waals surface area contributed by atoms with Crippen LogP contribution in [0, 0.1) is 0 Å². The second-order valence-corrected chi connectivity index (χ2v) is 3.55. The Labute approximate surface area is 105 Å². The molecule has 0 aliphatic carbocycles. The van der Waals surface area contributed by atoms with E-state index in [1.54, 1.807) is 0 Å². The van der Waals surface area contributed by atoms with Crippen molar-refractivity contribution in [2.75, 3.05) is 5.32 Å². The molecule has 0 spiro atoms. The molecular weight excluding hydrogens is 262 g/mol. The number of hydrogen-bond donors (Lipinski definition) is 3. The van der Waals surface area contributed by atoms with Crippen LogP contribution in [-0.4, -0.2) is 37.4 Å². The molecule has 0 aliphatic heterocycles. The number of amides is 1. The predicted molar refractivity (Wildman–Crippen MR) is 60.5 cm³/mol. The number of carboxylic acid groups (broad SMARTS) is 1. The summed E-state index contributed by atoms with van der Waals surface area (Å²) in [7, 11) is 0. The van der Waals surface area contributed by atoms with Gasteiger partial charge in [-0.2, -0.15) is 5.10 Å². The fourth-order valence-corrected chi connectivity index (χ4v) is 1.21. The van der Waals surface area contributed by atoms with Gasteiger partial charge in [-0.1, -0.05) is 11.6 Å². The molecule has 0 saturated heterocycles. The molecule has 2 aromatic heterocycles. The first-order valence-electron chi connectivity index (χ1n) is 4.65. The molecule has 0 radical (unpaired) electrons. The van der Waals surface area contributed by atoms with Crippen LogP contribution in [0.3, 0.4) is 0 Å². The van der Waals surface area contributed by atoms with Crippen LogP contribution in [0.2, 0.25) is 5.15 Å². The molecule has 2 heterocycles. The van der Waals surface area contributed by atoms with E-state index in [9.17, 15) is 9.59 Å². The molecule has 0 aromatic carbocycles. The second-order valence-electron chi connectivity index (χ2n) is 3.17. The Morgan fingerprint density at radius 1 is 1.33 bits per heavy atom. The van der Waals surface area contributed by atoms with Gasteiger partial charge in [0.2, 0.25) is 0 Å². The molecule has 0 saturated carbocycles. The summed E-state index contributed by atoms with van der Waals surface area (Å²) in [6.07, 6.45) is 0. The maximum Gasteiger partial charge on any atom is 0.353 e. The normalized spacial score (nSPS) is 10.1. The van der Waals surface area contributed by atoms with E-state index >= 15 is 0 Å². The lowest BCUT2D eigenvalue weighted by molar-refractivity contribution is 0.0690. The lowest BCUT2D eigenvalue weighted by atomic mass is 10.3. The Balaban J connectivity index is 2.11. The first-order chi connectivity index (χ1) is 8.56. The monoisotopic (exact) mass is 267 g/mol. The molecule has 18 heavy (non-hydrogen) atoms. The highest BCUT2D eigenvalue weighted by Crippen LogP contribution is 2.08. The summed E-state index contributed by atoms with van der Waals surface area (Å²) in [5, 5.41) is 24.1.